The van der Waals surface area contributed by atoms with Crippen molar-refractivity contribution >= 4 is 17.3 Å². The topological polar surface area (TPSA) is 32.3 Å². The summed E-state index contributed by atoms with van der Waals surface area (Å²) in [5.41, 5.74) is 1.52. The summed E-state index contributed by atoms with van der Waals surface area (Å²) in [6.45, 7) is 0.422. The molecule has 0 aliphatic carbocycles. The SMILES string of the molecule is Oc1cc(F)cc(CNc2cccc(Cl)c2)c1. The molecule has 17 heavy (non-hydrogen) atoms. The summed E-state index contributed by atoms with van der Waals surface area (Å²) in [6.07, 6.45) is 0. The zero-order chi connectivity index (χ0) is 12.3. The van der Waals surface area contributed by atoms with E-state index in [1.54, 1.807) is 12.1 Å². The molecule has 2 N–H and O–H groups in total. The Morgan fingerprint density at radius 2 is 2.00 bits per heavy atom. The number of rotatable bonds is 3. The minimum Gasteiger partial charge on any atom is -0.508 e. The van der Waals surface area contributed by atoms with Gasteiger partial charge in [0.05, 0.1) is 0 Å². The molecule has 0 aromatic heterocycles. The lowest BCUT2D eigenvalue weighted by Gasteiger charge is -2.07. The highest BCUT2D eigenvalue weighted by molar-refractivity contribution is 6.30. The molecule has 0 saturated carbocycles. The quantitative estimate of drug-likeness (QED) is 0.870. The number of phenolic OH excluding ortho intramolecular Hbond substituents is 1. The van der Waals surface area contributed by atoms with E-state index in [1.807, 2.05) is 12.1 Å². The number of halogens is 2. The van der Waals surface area contributed by atoms with Gasteiger partial charge in [0.15, 0.2) is 0 Å². The van der Waals surface area contributed by atoms with Crippen LogP contribution in [0.25, 0.3) is 0 Å². The third kappa shape index (κ3) is 3.36. The van der Waals surface area contributed by atoms with Crippen molar-refractivity contribution in [1.82, 2.24) is 0 Å². The van der Waals surface area contributed by atoms with Crippen LogP contribution in [0.4, 0.5) is 10.1 Å². The van der Waals surface area contributed by atoms with E-state index in [-0.39, 0.29) is 5.75 Å². The maximum Gasteiger partial charge on any atom is 0.127 e. The van der Waals surface area contributed by atoms with Gasteiger partial charge in [-0.3, -0.25) is 0 Å². The number of phenols is 1. The van der Waals surface area contributed by atoms with Gasteiger partial charge in [0.2, 0.25) is 0 Å². The molecule has 0 atom stereocenters. The van der Waals surface area contributed by atoms with Crippen molar-refractivity contribution in [1.29, 1.82) is 0 Å². The van der Waals surface area contributed by atoms with Crippen molar-refractivity contribution in [3.8, 4) is 5.75 Å². The van der Waals surface area contributed by atoms with Gasteiger partial charge in [-0.1, -0.05) is 17.7 Å². The molecule has 0 aliphatic rings. The standard InChI is InChI=1S/C13H11ClFNO/c14-10-2-1-3-12(6-10)16-8-9-4-11(15)7-13(17)5-9/h1-7,16-17H,8H2. The van der Waals surface area contributed by atoms with E-state index in [0.29, 0.717) is 17.1 Å². The summed E-state index contributed by atoms with van der Waals surface area (Å²) in [5.74, 6) is -0.527. The minimum atomic E-state index is -0.451. The van der Waals surface area contributed by atoms with Crippen molar-refractivity contribution in [3.63, 3.8) is 0 Å². The Morgan fingerprint density at radius 1 is 1.18 bits per heavy atom. The maximum atomic E-state index is 13.0. The van der Waals surface area contributed by atoms with Crippen LogP contribution in [0.15, 0.2) is 42.5 Å². The zero-order valence-electron chi connectivity index (χ0n) is 8.95. The fraction of sp³-hybridized carbons (Fsp3) is 0.0769. The van der Waals surface area contributed by atoms with Crippen LogP contribution in [0.2, 0.25) is 5.02 Å². The van der Waals surface area contributed by atoms with Gasteiger partial charge in [0.25, 0.3) is 0 Å². The van der Waals surface area contributed by atoms with Crippen molar-refractivity contribution in [2.75, 3.05) is 5.32 Å². The molecule has 2 aromatic carbocycles. The summed E-state index contributed by atoms with van der Waals surface area (Å²) in [4.78, 5) is 0. The molecule has 0 unspecified atom stereocenters. The fourth-order valence-electron chi connectivity index (χ4n) is 1.54. The van der Waals surface area contributed by atoms with Crippen LogP contribution in [0.1, 0.15) is 5.56 Å². The molecule has 0 saturated heterocycles. The first-order valence-electron chi connectivity index (χ1n) is 5.11. The molecule has 0 spiro atoms. The molecular weight excluding hydrogens is 241 g/mol. The molecule has 0 fully saturated rings. The molecular formula is C13H11ClFNO. The van der Waals surface area contributed by atoms with Crippen LogP contribution in [0.5, 0.6) is 5.75 Å². The Kier molecular flexibility index (Phi) is 3.49. The van der Waals surface area contributed by atoms with Gasteiger partial charge in [-0.2, -0.15) is 0 Å². The van der Waals surface area contributed by atoms with E-state index < -0.39 is 5.82 Å². The highest BCUT2D eigenvalue weighted by Crippen LogP contribution is 2.18. The summed E-state index contributed by atoms with van der Waals surface area (Å²) in [6, 6.07) is 11.2. The molecule has 0 radical (unpaired) electrons. The van der Waals surface area contributed by atoms with E-state index >= 15 is 0 Å². The molecule has 4 heteroatoms. The molecule has 2 aromatic rings. The third-order valence-corrected chi connectivity index (χ3v) is 2.50. The molecule has 0 bridgehead atoms. The first kappa shape index (κ1) is 11.7. The largest absolute Gasteiger partial charge is 0.508 e. The predicted molar refractivity (Wildman–Crippen MR) is 66.8 cm³/mol. The summed E-state index contributed by atoms with van der Waals surface area (Å²) >= 11 is 5.84. The summed E-state index contributed by atoms with van der Waals surface area (Å²) in [5, 5.41) is 13.0. The van der Waals surface area contributed by atoms with Crippen LogP contribution in [0.3, 0.4) is 0 Å². The number of anilines is 1. The Bertz CT molecular complexity index is 510. The highest BCUT2D eigenvalue weighted by Gasteiger charge is 2.00. The molecule has 0 heterocycles. The molecule has 2 rings (SSSR count). The van der Waals surface area contributed by atoms with Gasteiger partial charge < -0.3 is 10.4 Å². The van der Waals surface area contributed by atoms with E-state index in [9.17, 15) is 9.50 Å². The van der Waals surface area contributed by atoms with Gasteiger partial charge >= 0.3 is 0 Å². The van der Waals surface area contributed by atoms with Gasteiger partial charge in [0, 0.05) is 23.3 Å². The molecule has 0 aliphatic heterocycles. The van der Waals surface area contributed by atoms with E-state index in [1.165, 1.54) is 12.1 Å². The lowest BCUT2D eigenvalue weighted by molar-refractivity contribution is 0.468. The smallest absolute Gasteiger partial charge is 0.127 e. The first-order chi connectivity index (χ1) is 8.13. The summed E-state index contributed by atoms with van der Waals surface area (Å²) in [7, 11) is 0. The second-order valence-corrected chi connectivity index (χ2v) is 4.12. The van der Waals surface area contributed by atoms with Crippen molar-refractivity contribution in [2.24, 2.45) is 0 Å². The second kappa shape index (κ2) is 5.06. The average Bonchev–Trinajstić information content (AvgIpc) is 2.25. The van der Waals surface area contributed by atoms with Crippen LogP contribution in [0, 0.1) is 5.82 Å². The van der Waals surface area contributed by atoms with Crippen LogP contribution in [-0.2, 0) is 6.54 Å². The Balaban J connectivity index is 2.07. The molecule has 2 nitrogen and oxygen atoms in total. The van der Waals surface area contributed by atoms with E-state index in [2.05, 4.69) is 5.32 Å². The second-order valence-electron chi connectivity index (χ2n) is 3.68. The number of aromatic hydroxyl groups is 1. The zero-order valence-corrected chi connectivity index (χ0v) is 9.71. The number of benzene rings is 2. The van der Waals surface area contributed by atoms with Gasteiger partial charge in [-0.15, -0.1) is 0 Å². The highest BCUT2D eigenvalue weighted by atomic mass is 35.5. The monoisotopic (exact) mass is 251 g/mol. The van der Waals surface area contributed by atoms with Gasteiger partial charge in [-0.25, -0.2) is 4.39 Å². The first-order valence-corrected chi connectivity index (χ1v) is 5.49. The van der Waals surface area contributed by atoms with Gasteiger partial charge in [0.1, 0.15) is 11.6 Å². The van der Waals surface area contributed by atoms with Crippen LogP contribution in [-0.4, -0.2) is 5.11 Å². The maximum absolute atomic E-state index is 13.0. The Hall–Kier alpha value is -1.74. The van der Waals surface area contributed by atoms with Crippen molar-refractivity contribution in [2.45, 2.75) is 6.54 Å². The molecule has 0 amide bonds. The lowest BCUT2D eigenvalue weighted by atomic mass is 10.2. The number of hydrogen-bond donors (Lipinski definition) is 2. The average molecular weight is 252 g/mol. The van der Waals surface area contributed by atoms with E-state index in [4.69, 9.17) is 11.6 Å². The fourth-order valence-corrected chi connectivity index (χ4v) is 1.73. The number of hydrogen-bond acceptors (Lipinski definition) is 2. The van der Waals surface area contributed by atoms with Gasteiger partial charge in [-0.05, 0) is 35.9 Å². The number of nitrogens with one attached hydrogen (secondary N) is 1. The van der Waals surface area contributed by atoms with Crippen LogP contribution < -0.4 is 5.32 Å². The predicted octanol–water partition coefficient (Wildman–Crippen LogP) is 3.80. The van der Waals surface area contributed by atoms with Crippen molar-refractivity contribution in [3.05, 3.63) is 58.9 Å². The molecule has 88 valence electrons. The van der Waals surface area contributed by atoms with Crippen molar-refractivity contribution < 1.29 is 9.50 Å². The Labute approximate surface area is 104 Å². The minimum absolute atomic E-state index is 0.0760. The normalized spacial score (nSPS) is 10.2. The van der Waals surface area contributed by atoms with Crippen LogP contribution >= 0.6 is 11.6 Å². The lowest BCUT2D eigenvalue weighted by Crippen LogP contribution is -1.99. The third-order valence-electron chi connectivity index (χ3n) is 2.26. The Morgan fingerprint density at radius 3 is 2.71 bits per heavy atom. The summed E-state index contributed by atoms with van der Waals surface area (Å²) < 4.78 is 13.0. The van der Waals surface area contributed by atoms with E-state index in [0.717, 1.165) is 11.8 Å².